The molecule has 0 fully saturated rings. The highest BCUT2D eigenvalue weighted by atomic mass is 32.1. The van der Waals surface area contributed by atoms with Crippen molar-refractivity contribution in [2.45, 2.75) is 0 Å². The summed E-state index contributed by atoms with van der Waals surface area (Å²) >= 11 is 10.1. The first-order valence-electron chi connectivity index (χ1n) is 6.26. The lowest BCUT2D eigenvalue weighted by Crippen LogP contribution is -2.37. The maximum atomic E-state index is 11.4. The maximum Gasteiger partial charge on any atom is 0.415 e. The average Bonchev–Trinajstić information content (AvgIpc) is 2.54. The van der Waals surface area contributed by atoms with Crippen LogP contribution in [0.5, 0.6) is 0 Å². The Labute approximate surface area is 144 Å². The standard InChI is InChI=1S/C13H16N4O4S2/c1-17(13(19)21-3)11(23)15-9-7-5-4-6-8(9)14-10(22)16-12(18)20-2/h4-7H,1-3H3,(H,15,23)(H2,14,16,18,22). The Balaban J connectivity index is 2.81. The molecular weight excluding hydrogens is 340 g/mol. The molecule has 1 rings (SSSR count). The summed E-state index contributed by atoms with van der Waals surface area (Å²) in [5.74, 6) is 0. The smallest absolute Gasteiger partial charge is 0.415 e. The van der Waals surface area contributed by atoms with E-state index in [2.05, 4.69) is 25.4 Å². The molecule has 0 unspecified atom stereocenters. The molecule has 10 heteroatoms. The molecule has 124 valence electrons. The number of carbonyl (C=O) groups excluding carboxylic acids is 2. The second-order valence-electron chi connectivity index (χ2n) is 4.08. The fourth-order valence-corrected chi connectivity index (χ4v) is 1.80. The average molecular weight is 356 g/mol. The number of nitrogens with one attached hydrogen (secondary N) is 3. The number of hydrogen-bond acceptors (Lipinski definition) is 6. The van der Waals surface area contributed by atoms with Gasteiger partial charge in [0.05, 0.1) is 25.6 Å². The lowest BCUT2D eigenvalue weighted by atomic mass is 10.2. The van der Waals surface area contributed by atoms with Gasteiger partial charge in [0, 0.05) is 7.05 Å². The van der Waals surface area contributed by atoms with Gasteiger partial charge in [0.1, 0.15) is 0 Å². The third-order valence-electron chi connectivity index (χ3n) is 2.57. The summed E-state index contributed by atoms with van der Waals surface area (Å²) in [6.45, 7) is 0. The zero-order chi connectivity index (χ0) is 17.4. The Morgan fingerprint density at radius 2 is 1.61 bits per heavy atom. The second kappa shape index (κ2) is 8.86. The van der Waals surface area contributed by atoms with Gasteiger partial charge >= 0.3 is 12.2 Å². The number of nitrogens with zero attached hydrogens (tertiary/aromatic N) is 1. The molecule has 0 aliphatic rings. The predicted molar refractivity (Wildman–Crippen MR) is 94.6 cm³/mol. The number of hydrogen-bond donors (Lipinski definition) is 3. The topological polar surface area (TPSA) is 91.9 Å². The van der Waals surface area contributed by atoms with Crippen molar-refractivity contribution in [3.05, 3.63) is 24.3 Å². The molecule has 0 atom stereocenters. The van der Waals surface area contributed by atoms with Crippen LogP contribution in [-0.2, 0) is 9.47 Å². The van der Waals surface area contributed by atoms with E-state index in [4.69, 9.17) is 24.4 Å². The van der Waals surface area contributed by atoms with Gasteiger partial charge in [-0.05, 0) is 36.6 Å². The highest BCUT2D eigenvalue weighted by Crippen LogP contribution is 2.21. The highest BCUT2D eigenvalue weighted by Gasteiger charge is 2.15. The van der Waals surface area contributed by atoms with Gasteiger partial charge in [-0.2, -0.15) is 0 Å². The molecule has 8 nitrogen and oxygen atoms in total. The second-order valence-corrected chi connectivity index (χ2v) is 4.87. The van der Waals surface area contributed by atoms with Gasteiger partial charge in [-0.3, -0.25) is 10.2 Å². The molecule has 1 aromatic rings. The molecule has 1 aromatic carbocycles. The molecule has 0 bridgehead atoms. The van der Waals surface area contributed by atoms with Gasteiger partial charge in [0.15, 0.2) is 10.2 Å². The van der Waals surface area contributed by atoms with Gasteiger partial charge in [0.2, 0.25) is 0 Å². The SMILES string of the molecule is COC(=O)NC(=S)Nc1ccccc1NC(=S)N(C)C(=O)OC. The van der Waals surface area contributed by atoms with Crippen LogP contribution in [0.2, 0.25) is 0 Å². The van der Waals surface area contributed by atoms with Crippen molar-refractivity contribution < 1.29 is 19.1 Å². The number of para-hydroxylation sites is 2. The summed E-state index contributed by atoms with van der Waals surface area (Å²) in [5.41, 5.74) is 1.11. The molecular formula is C13H16N4O4S2. The van der Waals surface area contributed by atoms with Crippen LogP contribution in [0.4, 0.5) is 21.0 Å². The van der Waals surface area contributed by atoms with Gasteiger partial charge in [-0.15, -0.1) is 0 Å². The van der Waals surface area contributed by atoms with Crippen molar-refractivity contribution in [2.75, 3.05) is 31.9 Å². The number of rotatable bonds is 2. The minimum atomic E-state index is -0.686. The van der Waals surface area contributed by atoms with E-state index in [1.54, 1.807) is 24.3 Å². The number of ether oxygens (including phenoxy) is 2. The Bertz CT molecular complexity index is 624. The van der Waals surface area contributed by atoms with Crippen molar-refractivity contribution in [3.63, 3.8) is 0 Å². The van der Waals surface area contributed by atoms with E-state index in [1.165, 1.54) is 21.3 Å². The largest absolute Gasteiger partial charge is 0.453 e. The fourth-order valence-electron chi connectivity index (χ4n) is 1.42. The Morgan fingerprint density at radius 3 is 2.13 bits per heavy atom. The molecule has 0 aliphatic carbocycles. The van der Waals surface area contributed by atoms with Crippen molar-refractivity contribution in [1.82, 2.24) is 10.2 Å². The summed E-state index contributed by atoms with van der Waals surface area (Å²) in [6, 6.07) is 6.97. The van der Waals surface area contributed by atoms with E-state index in [0.29, 0.717) is 11.4 Å². The molecule has 0 heterocycles. The normalized spacial score (nSPS) is 9.35. The summed E-state index contributed by atoms with van der Waals surface area (Å²) < 4.78 is 9.03. The summed E-state index contributed by atoms with van der Waals surface area (Å²) in [4.78, 5) is 23.7. The first kappa shape index (κ1) is 18.6. The van der Waals surface area contributed by atoms with Crippen LogP contribution in [0, 0.1) is 0 Å². The molecule has 0 spiro atoms. The first-order chi connectivity index (χ1) is 10.9. The number of thiocarbonyl (C=S) groups is 2. The van der Waals surface area contributed by atoms with Crippen LogP contribution in [0.1, 0.15) is 0 Å². The molecule has 0 aliphatic heterocycles. The first-order valence-corrected chi connectivity index (χ1v) is 7.08. The lowest BCUT2D eigenvalue weighted by molar-refractivity contribution is 0.152. The van der Waals surface area contributed by atoms with Gasteiger partial charge < -0.3 is 20.1 Å². The number of carbonyl (C=O) groups is 2. The molecule has 0 saturated heterocycles. The third-order valence-corrected chi connectivity index (χ3v) is 3.15. The van der Waals surface area contributed by atoms with E-state index in [0.717, 1.165) is 4.90 Å². The number of amides is 2. The summed E-state index contributed by atoms with van der Waals surface area (Å²) in [6.07, 6.45) is -1.29. The molecule has 0 saturated carbocycles. The molecule has 0 aromatic heterocycles. The number of alkyl carbamates (subject to hydrolysis) is 1. The zero-order valence-electron chi connectivity index (χ0n) is 12.7. The highest BCUT2D eigenvalue weighted by molar-refractivity contribution is 7.80. The monoisotopic (exact) mass is 356 g/mol. The zero-order valence-corrected chi connectivity index (χ0v) is 14.3. The van der Waals surface area contributed by atoms with Crippen LogP contribution in [0.15, 0.2) is 24.3 Å². The maximum absolute atomic E-state index is 11.4. The van der Waals surface area contributed by atoms with Crippen molar-refractivity contribution in [3.8, 4) is 0 Å². The van der Waals surface area contributed by atoms with E-state index in [9.17, 15) is 9.59 Å². The van der Waals surface area contributed by atoms with Gasteiger partial charge in [-0.25, -0.2) is 9.59 Å². The fraction of sp³-hybridized carbons (Fsp3) is 0.231. The molecule has 3 N–H and O–H groups in total. The van der Waals surface area contributed by atoms with Crippen LogP contribution in [0.25, 0.3) is 0 Å². The van der Waals surface area contributed by atoms with Gasteiger partial charge in [0.25, 0.3) is 0 Å². The summed E-state index contributed by atoms with van der Waals surface area (Å²) in [7, 11) is 3.96. The molecule has 0 radical (unpaired) electrons. The van der Waals surface area contributed by atoms with Crippen molar-refractivity contribution in [2.24, 2.45) is 0 Å². The van der Waals surface area contributed by atoms with E-state index >= 15 is 0 Å². The van der Waals surface area contributed by atoms with E-state index in [1.807, 2.05) is 0 Å². The Kier molecular flexibility index (Phi) is 7.16. The van der Waals surface area contributed by atoms with Crippen LogP contribution in [0.3, 0.4) is 0 Å². The van der Waals surface area contributed by atoms with E-state index < -0.39 is 12.2 Å². The van der Waals surface area contributed by atoms with Crippen molar-refractivity contribution in [1.29, 1.82) is 0 Å². The number of anilines is 2. The molecule has 2 amide bonds. The van der Waals surface area contributed by atoms with Crippen molar-refractivity contribution >= 4 is 58.2 Å². The quantitative estimate of drug-likeness (QED) is 0.694. The molecule has 23 heavy (non-hydrogen) atoms. The van der Waals surface area contributed by atoms with Crippen LogP contribution in [-0.4, -0.2) is 48.6 Å². The lowest BCUT2D eigenvalue weighted by Gasteiger charge is -2.20. The Hall–Kier alpha value is -2.46. The van der Waals surface area contributed by atoms with Gasteiger partial charge in [-0.1, -0.05) is 12.1 Å². The number of methoxy groups -OCH3 is 2. The predicted octanol–water partition coefficient (Wildman–Crippen LogP) is 2.13. The van der Waals surface area contributed by atoms with E-state index in [-0.39, 0.29) is 10.2 Å². The Morgan fingerprint density at radius 1 is 1.04 bits per heavy atom. The third kappa shape index (κ3) is 5.68. The minimum absolute atomic E-state index is 0.0540. The van der Waals surface area contributed by atoms with Crippen LogP contribution >= 0.6 is 24.4 Å². The number of benzene rings is 1. The summed E-state index contributed by atoms with van der Waals surface area (Å²) in [5, 5.41) is 8.23. The minimum Gasteiger partial charge on any atom is -0.453 e. The van der Waals surface area contributed by atoms with Crippen LogP contribution < -0.4 is 16.0 Å².